The van der Waals surface area contributed by atoms with Gasteiger partial charge in [-0.2, -0.15) is 0 Å². The zero-order valence-corrected chi connectivity index (χ0v) is 10.1. The average Bonchev–Trinajstić information content (AvgIpc) is 2.11. The lowest BCUT2D eigenvalue weighted by Crippen LogP contribution is -2.28. The second kappa shape index (κ2) is 4.73. The Morgan fingerprint density at radius 1 is 1.57 bits per heavy atom. The standard InChI is InChI=1S/C11H15BrN2/c1-7(2)11(14-13)9-5-4-8(3)10(12)6-9/h4-6,11,14H,1,13H2,2-3H3. The number of hydrogen-bond donors (Lipinski definition) is 2. The van der Waals surface area contributed by atoms with Crippen LogP contribution in [0.4, 0.5) is 0 Å². The number of halogens is 1. The molecule has 76 valence electrons. The van der Waals surface area contributed by atoms with Gasteiger partial charge in [-0.05, 0) is 31.0 Å². The molecule has 0 saturated heterocycles. The monoisotopic (exact) mass is 254 g/mol. The second-order valence-electron chi connectivity index (χ2n) is 3.45. The van der Waals surface area contributed by atoms with Crippen molar-refractivity contribution in [2.75, 3.05) is 0 Å². The van der Waals surface area contributed by atoms with Crippen LogP contribution in [0.5, 0.6) is 0 Å². The van der Waals surface area contributed by atoms with Gasteiger partial charge in [0.05, 0.1) is 6.04 Å². The molecule has 2 nitrogen and oxygen atoms in total. The third-order valence-electron chi connectivity index (χ3n) is 2.19. The Kier molecular flexibility index (Phi) is 3.86. The maximum absolute atomic E-state index is 5.47. The highest BCUT2D eigenvalue weighted by Gasteiger charge is 2.10. The lowest BCUT2D eigenvalue weighted by atomic mass is 10.0. The highest BCUT2D eigenvalue weighted by molar-refractivity contribution is 9.10. The van der Waals surface area contributed by atoms with E-state index in [1.54, 1.807) is 0 Å². The van der Waals surface area contributed by atoms with Gasteiger partial charge in [-0.1, -0.05) is 40.2 Å². The van der Waals surface area contributed by atoms with Gasteiger partial charge >= 0.3 is 0 Å². The smallest absolute Gasteiger partial charge is 0.0665 e. The molecular formula is C11H15BrN2. The summed E-state index contributed by atoms with van der Waals surface area (Å²) < 4.78 is 1.09. The zero-order chi connectivity index (χ0) is 10.7. The van der Waals surface area contributed by atoms with Crippen molar-refractivity contribution < 1.29 is 0 Å². The van der Waals surface area contributed by atoms with E-state index in [0.717, 1.165) is 15.6 Å². The predicted molar refractivity (Wildman–Crippen MR) is 63.8 cm³/mol. The number of aryl methyl sites for hydroxylation is 1. The molecule has 0 bridgehead atoms. The molecule has 0 heterocycles. The number of nitrogens with one attached hydrogen (secondary N) is 1. The van der Waals surface area contributed by atoms with E-state index >= 15 is 0 Å². The second-order valence-corrected chi connectivity index (χ2v) is 4.31. The molecule has 1 aromatic rings. The van der Waals surface area contributed by atoms with Crippen LogP contribution in [0.1, 0.15) is 24.1 Å². The summed E-state index contributed by atoms with van der Waals surface area (Å²) in [6, 6.07) is 6.20. The Balaban J connectivity index is 3.06. The van der Waals surface area contributed by atoms with Crippen LogP contribution in [-0.2, 0) is 0 Å². The zero-order valence-electron chi connectivity index (χ0n) is 8.47. The topological polar surface area (TPSA) is 38.0 Å². The molecule has 3 N–H and O–H groups in total. The Labute approximate surface area is 93.3 Å². The fourth-order valence-electron chi connectivity index (χ4n) is 1.31. The summed E-state index contributed by atoms with van der Waals surface area (Å²) in [5.74, 6) is 5.47. The first-order chi connectivity index (χ1) is 6.56. The summed E-state index contributed by atoms with van der Waals surface area (Å²) in [4.78, 5) is 0. The van der Waals surface area contributed by atoms with Gasteiger partial charge in [0, 0.05) is 4.47 Å². The first kappa shape index (κ1) is 11.4. The summed E-state index contributed by atoms with van der Waals surface area (Å²) in [6.07, 6.45) is 0. The Morgan fingerprint density at radius 3 is 2.64 bits per heavy atom. The molecule has 3 heteroatoms. The van der Waals surface area contributed by atoms with Crippen molar-refractivity contribution in [3.8, 4) is 0 Å². The fourth-order valence-corrected chi connectivity index (χ4v) is 1.71. The molecule has 0 aliphatic rings. The molecule has 0 aromatic heterocycles. The van der Waals surface area contributed by atoms with E-state index < -0.39 is 0 Å². The third-order valence-corrected chi connectivity index (χ3v) is 3.04. The molecule has 1 rings (SSSR count). The minimum absolute atomic E-state index is 0.0203. The molecule has 1 aromatic carbocycles. The van der Waals surface area contributed by atoms with Gasteiger partial charge in [0.1, 0.15) is 0 Å². The molecule has 0 aliphatic carbocycles. The summed E-state index contributed by atoms with van der Waals surface area (Å²) in [6.45, 7) is 7.91. The highest BCUT2D eigenvalue weighted by atomic mass is 79.9. The number of benzene rings is 1. The van der Waals surface area contributed by atoms with E-state index in [4.69, 9.17) is 5.84 Å². The molecule has 0 saturated carbocycles. The van der Waals surface area contributed by atoms with Gasteiger partial charge in [0.25, 0.3) is 0 Å². The average molecular weight is 255 g/mol. The molecule has 0 fully saturated rings. The van der Waals surface area contributed by atoms with Crippen molar-refractivity contribution >= 4 is 15.9 Å². The van der Waals surface area contributed by atoms with E-state index in [-0.39, 0.29) is 6.04 Å². The van der Waals surface area contributed by atoms with E-state index in [1.807, 2.05) is 6.92 Å². The minimum Gasteiger partial charge on any atom is -0.271 e. The number of hydrazine groups is 1. The molecular weight excluding hydrogens is 240 g/mol. The molecule has 14 heavy (non-hydrogen) atoms. The first-order valence-electron chi connectivity index (χ1n) is 4.44. The molecule has 0 spiro atoms. The van der Waals surface area contributed by atoms with Gasteiger partial charge in [-0.3, -0.25) is 5.84 Å². The maximum atomic E-state index is 5.47. The molecule has 1 unspecified atom stereocenters. The van der Waals surface area contributed by atoms with Crippen LogP contribution in [-0.4, -0.2) is 0 Å². The predicted octanol–water partition coefficient (Wildman–Crippen LogP) is 2.84. The van der Waals surface area contributed by atoms with Crippen LogP contribution in [0.3, 0.4) is 0 Å². The number of rotatable bonds is 3. The van der Waals surface area contributed by atoms with Crippen molar-refractivity contribution in [2.45, 2.75) is 19.9 Å². The van der Waals surface area contributed by atoms with E-state index in [0.29, 0.717) is 0 Å². The van der Waals surface area contributed by atoms with Crippen LogP contribution in [0, 0.1) is 6.92 Å². The summed E-state index contributed by atoms with van der Waals surface area (Å²) in [7, 11) is 0. The molecule has 1 atom stereocenters. The lowest BCUT2D eigenvalue weighted by Gasteiger charge is -2.17. The lowest BCUT2D eigenvalue weighted by molar-refractivity contribution is 0.627. The van der Waals surface area contributed by atoms with Crippen LogP contribution in [0.25, 0.3) is 0 Å². The van der Waals surface area contributed by atoms with Crippen LogP contribution in [0.2, 0.25) is 0 Å². The Bertz CT molecular complexity index is 347. The van der Waals surface area contributed by atoms with E-state index in [2.05, 4.69) is 53.1 Å². The van der Waals surface area contributed by atoms with E-state index in [1.165, 1.54) is 5.56 Å². The van der Waals surface area contributed by atoms with Gasteiger partial charge in [0.2, 0.25) is 0 Å². The summed E-state index contributed by atoms with van der Waals surface area (Å²) in [5, 5.41) is 0. The minimum atomic E-state index is 0.0203. The molecule has 0 aliphatic heterocycles. The van der Waals surface area contributed by atoms with Crippen molar-refractivity contribution in [3.05, 3.63) is 46.0 Å². The van der Waals surface area contributed by atoms with Crippen LogP contribution >= 0.6 is 15.9 Å². The van der Waals surface area contributed by atoms with Gasteiger partial charge in [-0.25, -0.2) is 5.43 Å². The molecule has 0 amide bonds. The van der Waals surface area contributed by atoms with Crippen molar-refractivity contribution in [1.82, 2.24) is 5.43 Å². The quantitative estimate of drug-likeness (QED) is 0.495. The van der Waals surface area contributed by atoms with E-state index in [9.17, 15) is 0 Å². The largest absolute Gasteiger partial charge is 0.271 e. The highest BCUT2D eigenvalue weighted by Crippen LogP contribution is 2.24. The van der Waals surface area contributed by atoms with Crippen molar-refractivity contribution in [1.29, 1.82) is 0 Å². The normalized spacial score (nSPS) is 12.6. The van der Waals surface area contributed by atoms with Gasteiger partial charge in [0.15, 0.2) is 0 Å². The Morgan fingerprint density at radius 2 is 2.21 bits per heavy atom. The molecule has 0 radical (unpaired) electrons. The first-order valence-corrected chi connectivity index (χ1v) is 5.23. The van der Waals surface area contributed by atoms with Gasteiger partial charge < -0.3 is 0 Å². The van der Waals surface area contributed by atoms with Crippen molar-refractivity contribution in [2.24, 2.45) is 5.84 Å². The van der Waals surface area contributed by atoms with Crippen LogP contribution < -0.4 is 11.3 Å². The van der Waals surface area contributed by atoms with Gasteiger partial charge in [-0.15, -0.1) is 0 Å². The fraction of sp³-hybridized carbons (Fsp3) is 0.273. The SMILES string of the molecule is C=C(C)C(NN)c1ccc(C)c(Br)c1. The maximum Gasteiger partial charge on any atom is 0.0665 e. The van der Waals surface area contributed by atoms with Crippen molar-refractivity contribution in [3.63, 3.8) is 0 Å². The number of hydrogen-bond acceptors (Lipinski definition) is 2. The summed E-state index contributed by atoms with van der Waals surface area (Å²) >= 11 is 3.49. The number of nitrogens with two attached hydrogens (primary N) is 1. The van der Waals surface area contributed by atoms with Crippen LogP contribution in [0.15, 0.2) is 34.8 Å². The summed E-state index contributed by atoms with van der Waals surface area (Å²) in [5.41, 5.74) is 6.08. The third kappa shape index (κ3) is 2.44. The Hall–Kier alpha value is -0.640.